The molecule has 0 saturated carbocycles. The Hall–Kier alpha value is -2.89. The molecule has 140 valence electrons. The summed E-state index contributed by atoms with van der Waals surface area (Å²) in [4.78, 5) is 20.0. The fourth-order valence-electron chi connectivity index (χ4n) is 2.92. The number of nitrogens with zero attached hydrogens (tertiary/aromatic N) is 1. The number of rotatable bonds is 5. The molecule has 4 nitrogen and oxygen atoms in total. The Morgan fingerprint density at radius 3 is 2.82 bits per heavy atom. The molecule has 0 spiro atoms. The number of aromatic amines is 1. The maximum atomic E-state index is 14.5. The Labute approximate surface area is 169 Å². The first-order valence-corrected chi connectivity index (χ1v) is 9.12. The summed E-state index contributed by atoms with van der Waals surface area (Å²) in [7, 11) is 0. The number of H-pyrrole nitrogens is 1. The lowest BCUT2D eigenvalue weighted by Crippen LogP contribution is -2.07. The van der Waals surface area contributed by atoms with Crippen LogP contribution in [-0.4, -0.2) is 15.8 Å². The van der Waals surface area contributed by atoms with E-state index in [0.717, 1.165) is 5.56 Å². The smallest absolute Gasteiger partial charge is 0.199 e. The number of nitrogens with one attached hydrogen (secondary N) is 1. The van der Waals surface area contributed by atoms with Crippen LogP contribution in [-0.2, 0) is 6.61 Å². The highest BCUT2D eigenvalue weighted by Gasteiger charge is 2.23. The van der Waals surface area contributed by atoms with Crippen molar-refractivity contribution in [2.75, 3.05) is 0 Å². The summed E-state index contributed by atoms with van der Waals surface area (Å²) in [6, 6.07) is 13.1. The maximum absolute atomic E-state index is 14.5. The highest BCUT2D eigenvalue weighted by Crippen LogP contribution is 2.33. The number of pyridine rings is 1. The quantitative estimate of drug-likeness (QED) is 0.418. The van der Waals surface area contributed by atoms with Crippen LogP contribution in [0.4, 0.5) is 4.39 Å². The van der Waals surface area contributed by atoms with E-state index in [1.807, 2.05) is 6.07 Å². The van der Waals surface area contributed by atoms with Gasteiger partial charge in [0.15, 0.2) is 5.78 Å². The molecule has 0 fully saturated rings. The number of hydrogen-bond donors (Lipinski definition) is 1. The van der Waals surface area contributed by atoms with Gasteiger partial charge in [0.2, 0.25) is 0 Å². The van der Waals surface area contributed by atoms with Gasteiger partial charge in [-0.15, -0.1) is 0 Å². The van der Waals surface area contributed by atoms with Gasteiger partial charge in [0, 0.05) is 28.4 Å². The fraction of sp³-hybridized carbons (Fsp3) is 0.0476. The van der Waals surface area contributed by atoms with Crippen LogP contribution < -0.4 is 4.74 Å². The molecule has 0 aliphatic heterocycles. The summed E-state index contributed by atoms with van der Waals surface area (Å²) >= 11 is 12.3. The van der Waals surface area contributed by atoms with E-state index in [9.17, 15) is 9.18 Å². The molecule has 0 aliphatic rings. The summed E-state index contributed by atoms with van der Waals surface area (Å²) < 4.78 is 20.2. The van der Waals surface area contributed by atoms with Gasteiger partial charge in [0.05, 0.1) is 10.6 Å². The van der Waals surface area contributed by atoms with Crippen molar-refractivity contribution in [2.45, 2.75) is 6.61 Å². The van der Waals surface area contributed by atoms with Crippen LogP contribution in [0.1, 0.15) is 21.5 Å². The predicted molar refractivity (Wildman–Crippen MR) is 107 cm³/mol. The van der Waals surface area contributed by atoms with Crippen molar-refractivity contribution in [3.63, 3.8) is 0 Å². The Kier molecular flexibility index (Phi) is 5.03. The number of hydrogen-bond acceptors (Lipinski definition) is 3. The van der Waals surface area contributed by atoms with Gasteiger partial charge in [-0.3, -0.25) is 4.79 Å². The lowest BCUT2D eigenvalue weighted by molar-refractivity contribution is 0.103. The molecule has 7 heteroatoms. The Morgan fingerprint density at radius 1 is 1.14 bits per heavy atom. The second kappa shape index (κ2) is 7.62. The first-order chi connectivity index (χ1) is 13.5. The molecule has 0 saturated heterocycles. The second-order valence-corrected chi connectivity index (χ2v) is 6.90. The predicted octanol–water partition coefficient (Wildman–Crippen LogP) is 5.82. The first-order valence-electron chi connectivity index (χ1n) is 8.36. The number of ether oxygens (including phenoxy) is 1. The van der Waals surface area contributed by atoms with Gasteiger partial charge in [-0.1, -0.05) is 35.3 Å². The number of halogens is 3. The summed E-state index contributed by atoms with van der Waals surface area (Å²) in [6.45, 7) is 0.177. The maximum Gasteiger partial charge on any atom is 0.199 e. The lowest BCUT2D eigenvalue weighted by Gasteiger charge is -2.12. The molecule has 1 N–H and O–H groups in total. The molecule has 2 aromatic carbocycles. The molecule has 4 aromatic rings. The average Bonchev–Trinajstić information content (AvgIpc) is 3.11. The van der Waals surface area contributed by atoms with Crippen molar-refractivity contribution in [3.05, 3.63) is 93.5 Å². The van der Waals surface area contributed by atoms with Gasteiger partial charge in [-0.25, -0.2) is 9.37 Å². The minimum atomic E-state index is -0.719. The Morgan fingerprint density at radius 2 is 2.00 bits per heavy atom. The summed E-state index contributed by atoms with van der Waals surface area (Å²) in [5.41, 5.74) is 1.41. The monoisotopic (exact) mass is 414 g/mol. The van der Waals surface area contributed by atoms with E-state index in [1.165, 1.54) is 18.3 Å². The third-order valence-electron chi connectivity index (χ3n) is 4.26. The van der Waals surface area contributed by atoms with E-state index in [1.54, 1.807) is 36.5 Å². The lowest BCUT2D eigenvalue weighted by atomic mass is 10.0. The van der Waals surface area contributed by atoms with E-state index in [0.29, 0.717) is 16.1 Å². The number of carbonyl (C=O) groups is 1. The molecule has 2 aromatic heterocycles. The molecule has 2 heterocycles. The zero-order valence-electron chi connectivity index (χ0n) is 14.4. The molecule has 4 rings (SSSR count). The number of carbonyl (C=O) groups excluding carboxylic acids is 1. The minimum Gasteiger partial charge on any atom is -0.487 e. The molecule has 0 aliphatic carbocycles. The average molecular weight is 415 g/mol. The van der Waals surface area contributed by atoms with Crippen molar-refractivity contribution >= 4 is 40.0 Å². The largest absolute Gasteiger partial charge is 0.487 e. The number of fused-ring (bicyclic) bond motifs is 1. The Balaban J connectivity index is 1.67. The van der Waals surface area contributed by atoms with Crippen molar-refractivity contribution < 1.29 is 13.9 Å². The molecule has 0 radical (unpaired) electrons. The van der Waals surface area contributed by atoms with Crippen LogP contribution in [0.15, 0.2) is 60.9 Å². The third-order valence-corrected chi connectivity index (χ3v) is 4.87. The first kappa shape index (κ1) is 18.5. The molecular formula is C21H13Cl2FN2O2. The van der Waals surface area contributed by atoms with Crippen LogP contribution in [0, 0.1) is 5.82 Å². The van der Waals surface area contributed by atoms with E-state index in [-0.39, 0.29) is 28.5 Å². The van der Waals surface area contributed by atoms with E-state index in [4.69, 9.17) is 27.9 Å². The molecule has 0 unspecified atom stereocenters. The second-order valence-electron chi connectivity index (χ2n) is 6.08. The molecule has 28 heavy (non-hydrogen) atoms. The number of benzene rings is 2. The Bertz CT molecular complexity index is 1190. The van der Waals surface area contributed by atoms with Crippen LogP contribution in [0.3, 0.4) is 0 Å². The van der Waals surface area contributed by atoms with Gasteiger partial charge >= 0.3 is 0 Å². The van der Waals surface area contributed by atoms with E-state index < -0.39 is 11.6 Å². The zero-order chi connectivity index (χ0) is 19.7. The third kappa shape index (κ3) is 3.46. The normalized spacial score (nSPS) is 11.0. The van der Waals surface area contributed by atoms with E-state index in [2.05, 4.69) is 9.97 Å². The zero-order valence-corrected chi connectivity index (χ0v) is 15.9. The topological polar surface area (TPSA) is 55.0 Å². The van der Waals surface area contributed by atoms with Gasteiger partial charge < -0.3 is 9.72 Å². The van der Waals surface area contributed by atoms with Crippen molar-refractivity contribution in [3.8, 4) is 5.75 Å². The van der Waals surface area contributed by atoms with Crippen molar-refractivity contribution in [1.82, 2.24) is 9.97 Å². The van der Waals surface area contributed by atoms with Gasteiger partial charge in [0.1, 0.15) is 23.8 Å². The summed E-state index contributed by atoms with van der Waals surface area (Å²) in [6.07, 6.45) is 3.10. The van der Waals surface area contributed by atoms with E-state index >= 15 is 0 Å². The van der Waals surface area contributed by atoms with Gasteiger partial charge in [0.25, 0.3) is 0 Å². The van der Waals surface area contributed by atoms with Crippen LogP contribution >= 0.6 is 23.2 Å². The highest BCUT2D eigenvalue weighted by molar-refractivity contribution is 6.37. The molecular weight excluding hydrogens is 402 g/mol. The number of aromatic nitrogens is 2. The summed E-state index contributed by atoms with van der Waals surface area (Å²) in [5.74, 6) is -1.05. The standard InChI is InChI=1S/C21H13Cl2FN2O2/c22-13-4-1-3-12(9-13)11-28-17-7-6-16(24)18(19(17)23)20(27)15-10-26-21-14(15)5-2-8-25-21/h1-10H,11H2,(H,25,26). The summed E-state index contributed by atoms with van der Waals surface area (Å²) in [5, 5.41) is 1.09. The van der Waals surface area contributed by atoms with Crippen LogP contribution in [0.5, 0.6) is 5.75 Å². The molecule has 0 atom stereocenters. The van der Waals surface area contributed by atoms with Gasteiger partial charge in [-0.05, 0) is 42.0 Å². The van der Waals surface area contributed by atoms with Crippen molar-refractivity contribution in [2.24, 2.45) is 0 Å². The number of ketones is 1. The fourth-order valence-corrected chi connectivity index (χ4v) is 3.43. The van der Waals surface area contributed by atoms with Gasteiger partial charge in [-0.2, -0.15) is 0 Å². The van der Waals surface area contributed by atoms with Crippen molar-refractivity contribution in [1.29, 1.82) is 0 Å². The SMILES string of the molecule is O=C(c1c(F)ccc(OCc2cccc(Cl)c2)c1Cl)c1c[nH]c2ncccc12. The van der Waals surface area contributed by atoms with Crippen LogP contribution in [0.2, 0.25) is 10.0 Å². The molecule has 0 amide bonds. The highest BCUT2D eigenvalue weighted by atomic mass is 35.5. The molecule has 0 bridgehead atoms. The van der Waals surface area contributed by atoms with Crippen LogP contribution in [0.25, 0.3) is 11.0 Å². The minimum absolute atomic E-state index is 0.0785.